The molecule has 0 radical (unpaired) electrons. The summed E-state index contributed by atoms with van der Waals surface area (Å²) in [5, 5.41) is 3.78. The minimum Gasteiger partial charge on any atom is -0.455 e. The number of carbonyl (C=O) groups is 2. The molecule has 0 saturated heterocycles. The van der Waals surface area contributed by atoms with Crippen molar-refractivity contribution < 1.29 is 27.3 Å². The van der Waals surface area contributed by atoms with Crippen LogP contribution >= 0.6 is 0 Å². The van der Waals surface area contributed by atoms with Crippen molar-refractivity contribution in [3.63, 3.8) is 0 Å². The van der Waals surface area contributed by atoms with Crippen molar-refractivity contribution in [2.45, 2.75) is 18.4 Å². The predicted octanol–water partition coefficient (Wildman–Crippen LogP) is 1.70. The Bertz CT molecular complexity index is 1140. The Hall–Kier alpha value is -3.44. The van der Waals surface area contributed by atoms with Gasteiger partial charge in [0.15, 0.2) is 12.4 Å². The molecule has 0 amide bonds. The van der Waals surface area contributed by atoms with Crippen molar-refractivity contribution in [2.24, 2.45) is 0 Å². The number of hydrogen-bond donors (Lipinski definition) is 0. The summed E-state index contributed by atoms with van der Waals surface area (Å²) in [6, 6.07) is 8.91. The molecule has 2 aromatic heterocycles. The van der Waals surface area contributed by atoms with E-state index in [1.165, 1.54) is 38.2 Å². The molecule has 0 aliphatic rings. The summed E-state index contributed by atoms with van der Waals surface area (Å²) < 4.78 is 36.0. The first-order valence-electron chi connectivity index (χ1n) is 8.73. The van der Waals surface area contributed by atoms with Gasteiger partial charge in [0.05, 0.1) is 4.90 Å². The molecule has 156 valence electrons. The van der Waals surface area contributed by atoms with Crippen LogP contribution < -0.4 is 0 Å². The lowest BCUT2D eigenvalue weighted by Gasteiger charge is -2.16. The molecule has 2 heterocycles. The summed E-state index contributed by atoms with van der Waals surface area (Å²) >= 11 is 0. The lowest BCUT2D eigenvalue weighted by Crippen LogP contribution is -2.33. The Morgan fingerprint density at radius 2 is 1.90 bits per heavy atom. The van der Waals surface area contributed by atoms with Crippen LogP contribution in [0.15, 0.2) is 58.2 Å². The Morgan fingerprint density at radius 3 is 2.53 bits per heavy atom. The van der Waals surface area contributed by atoms with Crippen LogP contribution in [0, 0.1) is 0 Å². The van der Waals surface area contributed by atoms with E-state index < -0.39 is 22.5 Å². The molecule has 0 atom stereocenters. The van der Waals surface area contributed by atoms with Crippen molar-refractivity contribution in [2.75, 3.05) is 13.6 Å². The summed E-state index contributed by atoms with van der Waals surface area (Å²) in [7, 11) is -2.68. The zero-order valence-electron chi connectivity index (χ0n) is 16.2. The van der Waals surface area contributed by atoms with Gasteiger partial charge in [-0.25, -0.2) is 8.42 Å². The second-order valence-corrected chi connectivity index (χ2v) is 8.30. The number of sulfonamides is 1. The van der Waals surface area contributed by atoms with Crippen LogP contribution in [0.1, 0.15) is 23.2 Å². The van der Waals surface area contributed by atoms with Crippen LogP contribution in [0.5, 0.6) is 0 Å². The zero-order chi connectivity index (χ0) is 21.7. The van der Waals surface area contributed by atoms with Crippen molar-refractivity contribution in [3.8, 4) is 11.4 Å². The van der Waals surface area contributed by atoms with Crippen molar-refractivity contribution in [3.05, 3.63) is 60.2 Å². The molecule has 3 aromatic rings. The number of aromatic nitrogens is 3. The summed E-state index contributed by atoms with van der Waals surface area (Å²) in [6.07, 6.45) is 3.16. The van der Waals surface area contributed by atoms with Gasteiger partial charge >= 0.3 is 5.97 Å². The van der Waals surface area contributed by atoms with E-state index in [0.29, 0.717) is 17.0 Å². The van der Waals surface area contributed by atoms with Gasteiger partial charge in [0.1, 0.15) is 6.54 Å². The highest BCUT2D eigenvalue weighted by molar-refractivity contribution is 7.89. The first kappa shape index (κ1) is 21.3. The fraction of sp³-hybridized carbons (Fsp3) is 0.211. The molecule has 10 nitrogen and oxygen atoms in total. The lowest BCUT2D eigenvalue weighted by molar-refractivity contribution is -0.145. The highest BCUT2D eigenvalue weighted by Crippen LogP contribution is 2.16. The summed E-state index contributed by atoms with van der Waals surface area (Å²) in [5.74, 6) is -0.610. The van der Waals surface area contributed by atoms with Crippen LogP contribution in [0.2, 0.25) is 0 Å². The predicted molar refractivity (Wildman–Crippen MR) is 104 cm³/mol. The number of ketones is 1. The Labute approximate surface area is 172 Å². The molecule has 0 N–H and O–H groups in total. The van der Waals surface area contributed by atoms with E-state index in [1.54, 1.807) is 24.5 Å². The average Bonchev–Trinajstić information content (AvgIpc) is 3.22. The van der Waals surface area contributed by atoms with Gasteiger partial charge in [-0.05, 0) is 31.2 Å². The first-order valence-corrected chi connectivity index (χ1v) is 10.2. The van der Waals surface area contributed by atoms with Crippen molar-refractivity contribution in [1.82, 2.24) is 19.4 Å². The molecular formula is C19H18N4O6S. The van der Waals surface area contributed by atoms with Crippen LogP contribution in [0.4, 0.5) is 0 Å². The smallest absolute Gasteiger partial charge is 0.321 e. The van der Waals surface area contributed by atoms with E-state index in [2.05, 4.69) is 15.1 Å². The quantitative estimate of drug-likeness (QED) is 0.387. The third kappa shape index (κ3) is 4.93. The minimum absolute atomic E-state index is 0.0409. The normalized spacial score (nSPS) is 11.4. The van der Waals surface area contributed by atoms with Gasteiger partial charge in [-0.15, -0.1) is 0 Å². The maximum absolute atomic E-state index is 12.6. The van der Waals surface area contributed by atoms with Gasteiger partial charge < -0.3 is 9.26 Å². The molecule has 0 saturated carbocycles. The highest BCUT2D eigenvalue weighted by Gasteiger charge is 2.24. The van der Waals surface area contributed by atoms with Gasteiger partial charge in [-0.3, -0.25) is 14.6 Å². The van der Waals surface area contributed by atoms with Crippen LogP contribution in [0.25, 0.3) is 11.4 Å². The number of nitrogens with zero attached hydrogens (tertiary/aromatic N) is 4. The Kier molecular flexibility index (Phi) is 6.33. The third-order valence-corrected chi connectivity index (χ3v) is 5.88. The van der Waals surface area contributed by atoms with Gasteiger partial charge in [-0.1, -0.05) is 17.3 Å². The summed E-state index contributed by atoms with van der Waals surface area (Å²) in [6.45, 7) is 0.572. The monoisotopic (exact) mass is 430 g/mol. The molecule has 30 heavy (non-hydrogen) atoms. The molecule has 11 heteroatoms. The average molecular weight is 430 g/mol. The van der Waals surface area contributed by atoms with Crippen molar-refractivity contribution in [1.29, 1.82) is 0 Å². The van der Waals surface area contributed by atoms with Crippen molar-refractivity contribution >= 4 is 21.8 Å². The number of pyridine rings is 1. The molecule has 0 aliphatic carbocycles. The fourth-order valence-electron chi connectivity index (χ4n) is 2.42. The van der Waals surface area contributed by atoms with Gasteiger partial charge in [0.25, 0.3) is 5.89 Å². The van der Waals surface area contributed by atoms with E-state index in [0.717, 1.165) is 4.31 Å². The van der Waals surface area contributed by atoms with E-state index in [4.69, 9.17) is 9.26 Å². The standard InChI is InChI=1S/C19H18N4O6S/c1-13(24)14-5-7-16(8-6-14)30(26,27)23(2)11-18(25)28-12-17-21-19(22-29-17)15-4-3-9-20-10-15/h3-10H,11-12H2,1-2H3. The number of benzene rings is 1. The summed E-state index contributed by atoms with van der Waals surface area (Å²) in [5.41, 5.74) is 1.03. The molecule has 1 aromatic carbocycles. The molecule has 0 bridgehead atoms. The molecule has 0 aliphatic heterocycles. The van der Waals surface area contributed by atoms with Gasteiger partial charge in [0, 0.05) is 30.6 Å². The molecule has 0 unspecified atom stereocenters. The number of carbonyl (C=O) groups excluding carboxylic acids is 2. The SMILES string of the molecule is CC(=O)c1ccc(S(=O)(=O)N(C)CC(=O)OCc2nc(-c3cccnc3)no2)cc1. The second kappa shape index (κ2) is 8.93. The molecular weight excluding hydrogens is 412 g/mol. The fourth-order valence-corrected chi connectivity index (χ4v) is 3.54. The van der Waals surface area contributed by atoms with Crippen LogP contribution in [0.3, 0.4) is 0 Å². The number of Topliss-reactive ketones (excluding diaryl/α,β-unsaturated/α-hetero) is 1. The zero-order valence-corrected chi connectivity index (χ0v) is 17.0. The van der Waals surface area contributed by atoms with E-state index >= 15 is 0 Å². The number of esters is 1. The van der Waals surface area contributed by atoms with Gasteiger partial charge in [-0.2, -0.15) is 9.29 Å². The number of ether oxygens (including phenoxy) is 1. The maximum atomic E-state index is 12.6. The Balaban J connectivity index is 1.58. The number of rotatable bonds is 8. The van der Waals surface area contributed by atoms with E-state index in [-0.39, 0.29) is 23.2 Å². The van der Waals surface area contributed by atoms with Crippen LogP contribution in [-0.4, -0.2) is 53.2 Å². The minimum atomic E-state index is -3.93. The third-order valence-electron chi connectivity index (χ3n) is 4.07. The number of likely N-dealkylation sites (N-methyl/N-ethyl adjacent to an activating group) is 1. The first-order chi connectivity index (χ1) is 14.3. The maximum Gasteiger partial charge on any atom is 0.321 e. The van der Waals surface area contributed by atoms with E-state index in [1.807, 2.05) is 0 Å². The molecule has 0 fully saturated rings. The topological polar surface area (TPSA) is 133 Å². The van der Waals surface area contributed by atoms with Gasteiger partial charge in [0.2, 0.25) is 15.8 Å². The molecule has 0 spiro atoms. The van der Waals surface area contributed by atoms with Crippen LogP contribution in [-0.2, 0) is 26.2 Å². The lowest BCUT2D eigenvalue weighted by atomic mass is 10.2. The number of hydrogen-bond acceptors (Lipinski definition) is 9. The largest absolute Gasteiger partial charge is 0.455 e. The van der Waals surface area contributed by atoms with E-state index in [9.17, 15) is 18.0 Å². The second-order valence-electron chi connectivity index (χ2n) is 6.26. The Morgan fingerprint density at radius 1 is 1.17 bits per heavy atom. The summed E-state index contributed by atoms with van der Waals surface area (Å²) in [4.78, 5) is 31.4. The molecule has 3 rings (SSSR count). The highest BCUT2D eigenvalue weighted by atomic mass is 32.2.